The molecule has 0 bridgehead atoms. The SMILES string of the molecule is COc1ccc(C2(CCI)CCOC(C)(C)C2)cc1. The molecule has 106 valence electrons. The third-order valence-corrected chi connectivity index (χ3v) is 4.65. The summed E-state index contributed by atoms with van der Waals surface area (Å²) in [6.45, 7) is 5.27. The molecule has 1 fully saturated rings. The van der Waals surface area contributed by atoms with Crippen molar-refractivity contribution in [3.8, 4) is 5.75 Å². The highest BCUT2D eigenvalue weighted by atomic mass is 127. The van der Waals surface area contributed by atoms with Crippen LogP contribution in [-0.2, 0) is 10.2 Å². The molecule has 1 atom stereocenters. The van der Waals surface area contributed by atoms with Gasteiger partial charge in [-0.25, -0.2) is 0 Å². The fourth-order valence-electron chi connectivity index (χ4n) is 3.21. The number of hydrogen-bond donors (Lipinski definition) is 0. The highest BCUT2D eigenvalue weighted by Gasteiger charge is 2.41. The third kappa shape index (κ3) is 3.43. The lowest BCUT2D eigenvalue weighted by atomic mass is 9.68. The fourth-order valence-corrected chi connectivity index (χ4v) is 4.24. The smallest absolute Gasteiger partial charge is 0.118 e. The average Bonchev–Trinajstić information content (AvgIpc) is 2.38. The average molecular weight is 374 g/mol. The van der Waals surface area contributed by atoms with Gasteiger partial charge in [0.1, 0.15) is 5.75 Å². The molecule has 0 spiro atoms. The second-order valence-corrected chi connectivity index (χ2v) is 7.06. The van der Waals surface area contributed by atoms with E-state index in [0.717, 1.165) is 25.2 Å². The van der Waals surface area contributed by atoms with E-state index in [1.54, 1.807) is 7.11 Å². The quantitative estimate of drug-likeness (QED) is 0.577. The van der Waals surface area contributed by atoms with Gasteiger partial charge in [0, 0.05) is 16.4 Å². The Morgan fingerprint density at radius 2 is 1.95 bits per heavy atom. The van der Waals surface area contributed by atoms with Crippen molar-refractivity contribution in [1.29, 1.82) is 0 Å². The first-order valence-corrected chi connectivity index (χ1v) is 8.38. The Bertz CT molecular complexity index is 409. The van der Waals surface area contributed by atoms with Crippen LogP contribution in [0.4, 0.5) is 0 Å². The van der Waals surface area contributed by atoms with E-state index in [4.69, 9.17) is 9.47 Å². The molecule has 1 unspecified atom stereocenters. The Labute approximate surface area is 130 Å². The molecule has 0 aromatic heterocycles. The van der Waals surface area contributed by atoms with Crippen molar-refractivity contribution >= 4 is 22.6 Å². The summed E-state index contributed by atoms with van der Waals surface area (Å²) in [5.74, 6) is 0.930. The molecule has 1 aliphatic rings. The van der Waals surface area contributed by atoms with Crippen LogP contribution in [-0.4, -0.2) is 23.7 Å². The van der Waals surface area contributed by atoms with Gasteiger partial charge in [-0.3, -0.25) is 0 Å². The summed E-state index contributed by atoms with van der Waals surface area (Å²) < 4.78 is 12.4. The Balaban J connectivity index is 2.32. The maximum atomic E-state index is 5.91. The molecule has 0 radical (unpaired) electrons. The summed E-state index contributed by atoms with van der Waals surface area (Å²) >= 11 is 2.49. The Kier molecular flexibility index (Phi) is 4.77. The summed E-state index contributed by atoms with van der Waals surface area (Å²) in [7, 11) is 1.72. The molecule has 2 rings (SSSR count). The molecule has 0 aliphatic carbocycles. The van der Waals surface area contributed by atoms with Crippen LogP contribution in [0.15, 0.2) is 24.3 Å². The molecule has 2 nitrogen and oxygen atoms in total. The predicted octanol–water partition coefficient (Wildman–Crippen LogP) is 4.35. The van der Waals surface area contributed by atoms with Gasteiger partial charge in [-0.05, 0) is 50.8 Å². The highest BCUT2D eigenvalue weighted by Crippen LogP contribution is 2.44. The maximum absolute atomic E-state index is 5.91. The number of halogens is 1. The minimum Gasteiger partial charge on any atom is -0.497 e. The van der Waals surface area contributed by atoms with Crippen LogP contribution in [0.5, 0.6) is 5.75 Å². The number of alkyl halides is 1. The lowest BCUT2D eigenvalue weighted by Crippen LogP contribution is -2.44. The van der Waals surface area contributed by atoms with Crippen molar-refractivity contribution in [3.63, 3.8) is 0 Å². The summed E-state index contributed by atoms with van der Waals surface area (Å²) in [6.07, 6.45) is 3.42. The molecule has 0 N–H and O–H groups in total. The van der Waals surface area contributed by atoms with E-state index in [1.807, 2.05) is 0 Å². The summed E-state index contributed by atoms with van der Waals surface area (Å²) in [4.78, 5) is 0. The van der Waals surface area contributed by atoms with Gasteiger partial charge in [-0.15, -0.1) is 0 Å². The number of benzene rings is 1. The third-order valence-electron chi connectivity index (χ3n) is 4.11. The molecule has 3 heteroatoms. The maximum Gasteiger partial charge on any atom is 0.118 e. The Morgan fingerprint density at radius 3 is 2.47 bits per heavy atom. The lowest BCUT2D eigenvalue weighted by Gasteiger charge is -2.45. The molecule has 1 saturated heterocycles. The first kappa shape index (κ1) is 15.1. The van der Waals surface area contributed by atoms with Crippen molar-refractivity contribution in [1.82, 2.24) is 0 Å². The fraction of sp³-hybridized carbons (Fsp3) is 0.625. The van der Waals surface area contributed by atoms with E-state index in [0.29, 0.717) is 0 Å². The van der Waals surface area contributed by atoms with E-state index in [-0.39, 0.29) is 11.0 Å². The number of hydrogen-bond acceptors (Lipinski definition) is 2. The van der Waals surface area contributed by atoms with E-state index in [2.05, 4.69) is 60.7 Å². The van der Waals surface area contributed by atoms with Crippen molar-refractivity contribution in [2.24, 2.45) is 0 Å². The predicted molar refractivity (Wildman–Crippen MR) is 87.4 cm³/mol. The summed E-state index contributed by atoms with van der Waals surface area (Å²) in [5.41, 5.74) is 1.67. The minimum atomic E-state index is -0.0238. The van der Waals surface area contributed by atoms with Gasteiger partial charge in [0.2, 0.25) is 0 Å². The van der Waals surface area contributed by atoms with Crippen molar-refractivity contribution in [2.45, 2.75) is 44.1 Å². The molecule has 1 aromatic carbocycles. The van der Waals surface area contributed by atoms with Crippen molar-refractivity contribution < 1.29 is 9.47 Å². The van der Waals surface area contributed by atoms with Crippen LogP contribution in [0.2, 0.25) is 0 Å². The standard InChI is InChI=1S/C16H23IO2/c1-15(2)12-16(8-10-17,9-11-19-15)13-4-6-14(18-3)7-5-13/h4-7H,8-12H2,1-3H3. The first-order valence-electron chi connectivity index (χ1n) is 6.86. The Morgan fingerprint density at radius 1 is 1.26 bits per heavy atom. The van der Waals surface area contributed by atoms with Crippen LogP contribution >= 0.6 is 22.6 Å². The van der Waals surface area contributed by atoms with Crippen molar-refractivity contribution in [3.05, 3.63) is 29.8 Å². The van der Waals surface area contributed by atoms with Crippen LogP contribution in [0, 0.1) is 0 Å². The van der Waals surface area contributed by atoms with Gasteiger partial charge in [-0.1, -0.05) is 34.7 Å². The molecule has 0 saturated carbocycles. The monoisotopic (exact) mass is 374 g/mol. The zero-order valence-electron chi connectivity index (χ0n) is 12.0. The second kappa shape index (κ2) is 6.00. The van der Waals surface area contributed by atoms with E-state index < -0.39 is 0 Å². The highest BCUT2D eigenvalue weighted by molar-refractivity contribution is 14.1. The van der Waals surface area contributed by atoms with Gasteiger partial charge in [-0.2, -0.15) is 0 Å². The van der Waals surface area contributed by atoms with Gasteiger partial charge in [0.05, 0.1) is 12.7 Å². The van der Waals surface area contributed by atoms with Crippen LogP contribution in [0.25, 0.3) is 0 Å². The number of rotatable bonds is 4. The second-order valence-electron chi connectivity index (χ2n) is 5.98. The van der Waals surface area contributed by atoms with Crippen LogP contribution in [0.1, 0.15) is 38.7 Å². The zero-order chi connectivity index (χ0) is 13.9. The number of ether oxygens (including phenoxy) is 2. The van der Waals surface area contributed by atoms with Gasteiger partial charge >= 0.3 is 0 Å². The van der Waals surface area contributed by atoms with Gasteiger partial charge in [0.25, 0.3) is 0 Å². The number of methoxy groups -OCH3 is 1. The first-order chi connectivity index (χ1) is 9.01. The summed E-state index contributed by atoms with van der Waals surface area (Å²) in [6, 6.07) is 8.61. The van der Waals surface area contributed by atoms with E-state index >= 15 is 0 Å². The largest absolute Gasteiger partial charge is 0.497 e. The Hall–Kier alpha value is -0.290. The molecule has 1 heterocycles. The van der Waals surface area contributed by atoms with E-state index in [1.165, 1.54) is 16.4 Å². The summed E-state index contributed by atoms with van der Waals surface area (Å²) in [5, 5.41) is 0. The molecular formula is C16H23IO2. The minimum absolute atomic E-state index is 0.0238. The van der Waals surface area contributed by atoms with Crippen LogP contribution in [0.3, 0.4) is 0 Å². The lowest BCUT2D eigenvalue weighted by molar-refractivity contribution is -0.0829. The molecule has 1 aromatic rings. The molecule has 1 aliphatic heterocycles. The van der Waals surface area contributed by atoms with Crippen LogP contribution < -0.4 is 4.74 Å². The topological polar surface area (TPSA) is 18.5 Å². The van der Waals surface area contributed by atoms with Crippen molar-refractivity contribution in [2.75, 3.05) is 18.1 Å². The van der Waals surface area contributed by atoms with E-state index in [9.17, 15) is 0 Å². The zero-order valence-corrected chi connectivity index (χ0v) is 14.2. The van der Waals surface area contributed by atoms with Gasteiger partial charge in [0.15, 0.2) is 0 Å². The molecule has 19 heavy (non-hydrogen) atoms. The normalized spacial score (nSPS) is 26.1. The van der Waals surface area contributed by atoms with Gasteiger partial charge < -0.3 is 9.47 Å². The molecular weight excluding hydrogens is 351 g/mol. The molecule has 0 amide bonds.